The molecule has 2 heteroatoms. The van der Waals surface area contributed by atoms with E-state index in [4.69, 9.17) is 4.74 Å². The Kier molecular flexibility index (Phi) is 2.96. The van der Waals surface area contributed by atoms with Gasteiger partial charge in [0.2, 0.25) is 0 Å². The van der Waals surface area contributed by atoms with Gasteiger partial charge in [-0.25, -0.2) is 0 Å². The van der Waals surface area contributed by atoms with Crippen LogP contribution in [0, 0.1) is 0 Å². The summed E-state index contributed by atoms with van der Waals surface area (Å²) in [5, 5.41) is 3.32. The molecule has 1 aliphatic rings. The minimum atomic E-state index is 0.174. The van der Waals surface area contributed by atoms with Crippen molar-refractivity contribution in [1.82, 2.24) is 5.32 Å². The van der Waals surface area contributed by atoms with E-state index in [0.717, 1.165) is 18.7 Å². The van der Waals surface area contributed by atoms with Gasteiger partial charge in [-0.1, -0.05) is 32.9 Å². The molecule has 1 heterocycles. The molecule has 0 saturated carbocycles. The van der Waals surface area contributed by atoms with Crippen LogP contribution >= 0.6 is 0 Å². The maximum absolute atomic E-state index is 5.83. The highest BCUT2D eigenvalue weighted by Gasteiger charge is 2.22. The molecule has 15 heavy (non-hydrogen) atoms. The number of hydrogen-bond donors (Lipinski definition) is 1. The third kappa shape index (κ3) is 2.15. The van der Waals surface area contributed by atoms with Crippen LogP contribution in [-0.2, 0) is 6.42 Å². The van der Waals surface area contributed by atoms with Crippen LogP contribution < -0.4 is 10.1 Å². The van der Waals surface area contributed by atoms with Gasteiger partial charge in [-0.15, -0.1) is 0 Å². The lowest BCUT2D eigenvalue weighted by Crippen LogP contribution is -2.32. The number of likely N-dealkylation sites (N-methyl/N-ethyl adjacent to an activating group) is 1. The van der Waals surface area contributed by atoms with E-state index in [2.05, 4.69) is 44.3 Å². The van der Waals surface area contributed by atoms with Gasteiger partial charge >= 0.3 is 0 Å². The second-order valence-corrected chi connectivity index (χ2v) is 4.39. The van der Waals surface area contributed by atoms with Gasteiger partial charge in [-0.05, 0) is 29.7 Å². The van der Waals surface area contributed by atoms with E-state index in [-0.39, 0.29) is 6.23 Å². The van der Waals surface area contributed by atoms with Crippen molar-refractivity contribution in [3.8, 4) is 5.75 Å². The number of ether oxygens (including phenoxy) is 1. The molecule has 0 spiro atoms. The van der Waals surface area contributed by atoms with Crippen LogP contribution in [0.5, 0.6) is 5.75 Å². The monoisotopic (exact) mass is 205 g/mol. The molecule has 1 aromatic rings. The van der Waals surface area contributed by atoms with Crippen molar-refractivity contribution in [1.29, 1.82) is 0 Å². The fourth-order valence-electron chi connectivity index (χ4n) is 1.94. The fraction of sp³-hybridized carbons (Fsp3) is 0.538. The van der Waals surface area contributed by atoms with E-state index in [1.54, 1.807) is 0 Å². The Bertz CT molecular complexity index is 346. The number of nitrogens with one attached hydrogen (secondary N) is 1. The van der Waals surface area contributed by atoms with Gasteiger partial charge in [0.25, 0.3) is 0 Å². The first-order chi connectivity index (χ1) is 7.20. The Labute approximate surface area is 91.6 Å². The molecule has 0 saturated heterocycles. The van der Waals surface area contributed by atoms with Crippen LogP contribution in [0.25, 0.3) is 0 Å². The van der Waals surface area contributed by atoms with Crippen LogP contribution in [0.2, 0.25) is 0 Å². The van der Waals surface area contributed by atoms with E-state index in [9.17, 15) is 0 Å². The first-order valence-electron chi connectivity index (χ1n) is 5.73. The molecular formula is C13H19NO. The van der Waals surface area contributed by atoms with E-state index in [0.29, 0.717) is 5.92 Å². The zero-order valence-electron chi connectivity index (χ0n) is 9.71. The lowest BCUT2D eigenvalue weighted by molar-refractivity contribution is 0.195. The Morgan fingerprint density at radius 1 is 1.47 bits per heavy atom. The summed E-state index contributed by atoms with van der Waals surface area (Å²) in [6.07, 6.45) is 1.16. The molecule has 0 radical (unpaired) electrons. The van der Waals surface area contributed by atoms with Gasteiger partial charge in [0.05, 0.1) is 0 Å². The maximum atomic E-state index is 5.83. The van der Waals surface area contributed by atoms with Crippen LogP contribution in [-0.4, -0.2) is 12.8 Å². The predicted octanol–water partition coefficient (Wildman–Crippen LogP) is 2.68. The van der Waals surface area contributed by atoms with Crippen molar-refractivity contribution in [3.63, 3.8) is 0 Å². The second-order valence-electron chi connectivity index (χ2n) is 4.39. The van der Waals surface area contributed by atoms with Gasteiger partial charge in [0.15, 0.2) is 6.23 Å². The SMILES string of the molecule is CCNC1Cc2ccc(C(C)C)cc2O1. The van der Waals surface area contributed by atoms with Gasteiger partial charge < -0.3 is 4.74 Å². The Morgan fingerprint density at radius 2 is 2.27 bits per heavy atom. The summed E-state index contributed by atoms with van der Waals surface area (Å²) in [5.41, 5.74) is 2.68. The zero-order valence-corrected chi connectivity index (χ0v) is 9.71. The first kappa shape index (κ1) is 10.5. The summed E-state index contributed by atoms with van der Waals surface area (Å²) >= 11 is 0. The van der Waals surface area contributed by atoms with Crippen molar-refractivity contribution >= 4 is 0 Å². The molecule has 1 atom stereocenters. The minimum Gasteiger partial charge on any atom is -0.475 e. The molecule has 1 N–H and O–H groups in total. The van der Waals surface area contributed by atoms with E-state index in [1.165, 1.54) is 11.1 Å². The van der Waals surface area contributed by atoms with Crippen LogP contribution in [0.3, 0.4) is 0 Å². The molecular weight excluding hydrogens is 186 g/mol. The lowest BCUT2D eigenvalue weighted by atomic mass is 10.0. The first-order valence-corrected chi connectivity index (χ1v) is 5.73. The summed E-state index contributed by atoms with van der Waals surface area (Å²) in [6, 6.07) is 6.58. The molecule has 2 nitrogen and oxygen atoms in total. The van der Waals surface area contributed by atoms with Gasteiger partial charge in [-0.3, -0.25) is 5.32 Å². The molecule has 1 aromatic carbocycles. The average molecular weight is 205 g/mol. The molecule has 1 unspecified atom stereocenters. The number of benzene rings is 1. The molecule has 0 aromatic heterocycles. The van der Waals surface area contributed by atoms with Crippen molar-refractivity contribution in [3.05, 3.63) is 29.3 Å². The summed E-state index contributed by atoms with van der Waals surface area (Å²) in [4.78, 5) is 0. The fourth-order valence-corrected chi connectivity index (χ4v) is 1.94. The highest BCUT2D eigenvalue weighted by Crippen LogP contribution is 2.31. The zero-order chi connectivity index (χ0) is 10.8. The van der Waals surface area contributed by atoms with E-state index >= 15 is 0 Å². The summed E-state index contributed by atoms with van der Waals surface area (Å²) in [5.74, 6) is 1.63. The lowest BCUT2D eigenvalue weighted by Gasteiger charge is -2.11. The number of hydrogen-bond acceptors (Lipinski definition) is 2. The Balaban J connectivity index is 2.16. The van der Waals surface area contributed by atoms with Crippen molar-refractivity contribution in [2.45, 2.75) is 39.3 Å². The van der Waals surface area contributed by atoms with Gasteiger partial charge in [0, 0.05) is 6.42 Å². The smallest absolute Gasteiger partial charge is 0.154 e. The molecule has 0 aliphatic carbocycles. The highest BCUT2D eigenvalue weighted by atomic mass is 16.5. The Hall–Kier alpha value is -1.02. The minimum absolute atomic E-state index is 0.174. The number of rotatable bonds is 3. The summed E-state index contributed by atoms with van der Waals surface area (Å²) < 4.78 is 5.83. The quantitative estimate of drug-likeness (QED) is 0.819. The predicted molar refractivity (Wildman–Crippen MR) is 62.3 cm³/mol. The molecule has 2 rings (SSSR count). The van der Waals surface area contributed by atoms with Gasteiger partial charge in [0.1, 0.15) is 5.75 Å². The molecule has 82 valence electrons. The normalized spacial score (nSPS) is 19.1. The molecule has 0 amide bonds. The van der Waals surface area contributed by atoms with E-state index < -0.39 is 0 Å². The standard InChI is InChI=1S/C13H19NO/c1-4-14-13-8-11-6-5-10(9(2)3)7-12(11)15-13/h5-7,9,13-14H,4,8H2,1-3H3. The molecule has 0 fully saturated rings. The van der Waals surface area contributed by atoms with Crippen LogP contribution in [0.15, 0.2) is 18.2 Å². The highest BCUT2D eigenvalue weighted by molar-refractivity contribution is 5.41. The second kappa shape index (κ2) is 4.23. The van der Waals surface area contributed by atoms with Gasteiger partial charge in [-0.2, -0.15) is 0 Å². The largest absolute Gasteiger partial charge is 0.475 e. The molecule has 1 aliphatic heterocycles. The van der Waals surface area contributed by atoms with Crippen molar-refractivity contribution < 1.29 is 4.74 Å². The average Bonchev–Trinajstić information content (AvgIpc) is 2.59. The Morgan fingerprint density at radius 3 is 2.93 bits per heavy atom. The summed E-state index contributed by atoms with van der Waals surface area (Å²) in [7, 11) is 0. The third-order valence-corrected chi connectivity index (χ3v) is 2.86. The van der Waals surface area contributed by atoms with Crippen molar-refractivity contribution in [2.75, 3.05) is 6.54 Å². The maximum Gasteiger partial charge on any atom is 0.154 e. The summed E-state index contributed by atoms with van der Waals surface area (Å²) in [6.45, 7) is 7.47. The molecule has 0 bridgehead atoms. The van der Waals surface area contributed by atoms with E-state index in [1.807, 2.05) is 0 Å². The van der Waals surface area contributed by atoms with Crippen LogP contribution in [0.1, 0.15) is 37.8 Å². The topological polar surface area (TPSA) is 21.3 Å². The number of fused-ring (bicyclic) bond motifs is 1. The third-order valence-electron chi connectivity index (χ3n) is 2.86. The van der Waals surface area contributed by atoms with Crippen molar-refractivity contribution in [2.24, 2.45) is 0 Å². The van der Waals surface area contributed by atoms with Crippen LogP contribution in [0.4, 0.5) is 0 Å².